The number of carbonyl (C=O) groups excluding carboxylic acids is 1. The lowest BCUT2D eigenvalue weighted by atomic mass is 10.0. The molecule has 0 saturated carbocycles. The summed E-state index contributed by atoms with van der Waals surface area (Å²) < 4.78 is 4.72. The van der Waals surface area contributed by atoms with Crippen molar-refractivity contribution in [1.82, 2.24) is 5.32 Å². The lowest BCUT2D eigenvalue weighted by Crippen LogP contribution is -2.47. The molecule has 1 saturated heterocycles. The summed E-state index contributed by atoms with van der Waals surface area (Å²) in [6.07, 6.45) is 2.07. The third-order valence-corrected chi connectivity index (χ3v) is 4.48. The first-order valence-electron chi connectivity index (χ1n) is 5.12. The van der Waals surface area contributed by atoms with E-state index in [2.05, 4.69) is 5.32 Å². The van der Waals surface area contributed by atoms with Crippen LogP contribution >= 0.6 is 23.4 Å². The van der Waals surface area contributed by atoms with Gasteiger partial charge in [0.1, 0.15) is 0 Å². The Morgan fingerprint density at radius 3 is 2.93 bits per heavy atom. The number of alkyl halides is 1. The number of hydrogen-bond acceptors (Lipinski definition) is 3. The molecule has 0 aromatic heterocycles. The zero-order chi connectivity index (χ0) is 11.3. The van der Waals surface area contributed by atoms with Crippen LogP contribution < -0.4 is 5.32 Å². The molecule has 1 aliphatic heterocycles. The molecule has 1 aliphatic rings. The number of thioether (sulfide) groups is 1. The van der Waals surface area contributed by atoms with E-state index in [0.29, 0.717) is 12.5 Å². The minimum Gasteiger partial charge on any atom is -0.383 e. The van der Waals surface area contributed by atoms with E-state index in [0.717, 1.165) is 18.6 Å². The molecule has 1 fully saturated rings. The highest BCUT2D eigenvalue weighted by atomic mass is 35.5. The van der Waals surface area contributed by atoms with Gasteiger partial charge in [-0.3, -0.25) is 4.79 Å². The molecule has 0 spiro atoms. The minimum absolute atomic E-state index is 0.0813. The Labute approximate surface area is 100 Å². The monoisotopic (exact) mass is 251 g/mol. The predicted octanol–water partition coefficient (Wildman–Crippen LogP) is 1.64. The lowest BCUT2D eigenvalue weighted by molar-refractivity contribution is -0.124. The van der Waals surface area contributed by atoms with Crippen LogP contribution in [0.25, 0.3) is 0 Å². The molecule has 1 heterocycles. The molecule has 1 N–H and O–H groups in total. The first-order chi connectivity index (χ1) is 7.12. The SMILES string of the molecule is COCC(CCl)NC(=O)C1(C)CCCS1. The van der Waals surface area contributed by atoms with Crippen LogP contribution in [0.15, 0.2) is 0 Å². The summed E-state index contributed by atoms with van der Waals surface area (Å²) in [5.74, 6) is 1.55. The first kappa shape index (κ1) is 13.1. The van der Waals surface area contributed by atoms with Crippen LogP contribution in [0.1, 0.15) is 19.8 Å². The number of ether oxygens (including phenoxy) is 1. The van der Waals surface area contributed by atoms with Crippen molar-refractivity contribution in [1.29, 1.82) is 0 Å². The van der Waals surface area contributed by atoms with Crippen molar-refractivity contribution in [2.24, 2.45) is 0 Å². The molecule has 1 rings (SSSR count). The summed E-state index contributed by atoms with van der Waals surface area (Å²) in [6.45, 7) is 2.47. The van der Waals surface area contributed by atoms with Gasteiger partial charge in [0.25, 0.3) is 0 Å². The number of halogens is 1. The van der Waals surface area contributed by atoms with Crippen LogP contribution in [0.2, 0.25) is 0 Å². The number of amides is 1. The number of nitrogens with one attached hydrogen (secondary N) is 1. The van der Waals surface area contributed by atoms with Crippen LogP contribution in [-0.2, 0) is 9.53 Å². The molecule has 3 nitrogen and oxygen atoms in total. The normalized spacial score (nSPS) is 27.7. The molecular weight excluding hydrogens is 234 g/mol. The smallest absolute Gasteiger partial charge is 0.236 e. The van der Waals surface area contributed by atoms with Gasteiger partial charge in [0, 0.05) is 13.0 Å². The molecule has 15 heavy (non-hydrogen) atoms. The van der Waals surface area contributed by atoms with Crippen LogP contribution in [0.4, 0.5) is 0 Å². The van der Waals surface area contributed by atoms with Crippen molar-refractivity contribution in [3.63, 3.8) is 0 Å². The van der Waals surface area contributed by atoms with E-state index in [1.807, 2.05) is 6.92 Å². The summed E-state index contributed by atoms with van der Waals surface area (Å²) in [5, 5.41) is 2.93. The minimum atomic E-state index is -0.266. The van der Waals surface area contributed by atoms with E-state index < -0.39 is 0 Å². The maximum Gasteiger partial charge on any atom is 0.236 e. The Bertz CT molecular complexity index is 219. The Morgan fingerprint density at radius 2 is 2.47 bits per heavy atom. The fourth-order valence-electron chi connectivity index (χ4n) is 1.62. The average molecular weight is 252 g/mol. The van der Waals surface area contributed by atoms with Gasteiger partial charge in [-0.2, -0.15) is 0 Å². The Morgan fingerprint density at radius 1 is 1.73 bits per heavy atom. The van der Waals surface area contributed by atoms with Crippen LogP contribution in [0.5, 0.6) is 0 Å². The van der Waals surface area contributed by atoms with Crippen molar-refractivity contribution in [2.45, 2.75) is 30.6 Å². The van der Waals surface area contributed by atoms with Gasteiger partial charge in [-0.1, -0.05) is 0 Å². The predicted molar refractivity (Wildman–Crippen MR) is 64.6 cm³/mol. The highest BCUT2D eigenvalue weighted by Gasteiger charge is 2.37. The molecule has 0 bridgehead atoms. The Balaban J connectivity index is 2.45. The second kappa shape index (κ2) is 5.97. The van der Waals surface area contributed by atoms with E-state index in [1.165, 1.54) is 0 Å². The van der Waals surface area contributed by atoms with Gasteiger partial charge in [0.05, 0.1) is 17.4 Å². The fraction of sp³-hybridized carbons (Fsp3) is 0.900. The molecule has 0 aliphatic carbocycles. The number of hydrogen-bond donors (Lipinski definition) is 1. The second-order valence-electron chi connectivity index (χ2n) is 3.96. The second-order valence-corrected chi connectivity index (χ2v) is 5.87. The highest BCUT2D eigenvalue weighted by molar-refractivity contribution is 8.01. The van der Waals surface area contributed by atoms with E-state index in [-0.39, 0.29) is 16.7 Å². The molecule has 0 aromatic rings. The van der Waals surface area contributed by atoms with E-state index in [9.17, 15) is 4.79 Å². The average Bonchev–Trinajstić information content (AvgIpc) is 2.65. The zero-order valence-electron chi connectivity index (χ0n) is 9.22. The first-order valence-corrected chi connectivity index (χ1v) is 6.64. The maximum atomic E-state index is 12.0. The zero-order valence-corrected chi connectivity index (χ0v) is 10.8. The molecule has 88 valence electrons. The lowest BCUT2D eigenvalue weighted by Gasteiger charge is -2.24. The van der Waals surface area contributed by atoms with Gasteiger partial charge < -0.3 is 10.1 Å². The van der Waals surface area contributed by atoms with Gasteiger partial charge in [-0.25, -0.2) is 0 Å². The summed E-state index contributed by atoms with van der Waals surface area (Å²) >= 11 is 7.47. The summed E-state index contributed by atoms with van der Waals surface area (Å²) in [5.41, 5.74) is 0. The topological polar surface area (TPSA) is 38.3 Å². The Hall–Kier alpha value is 0.0700. The maximum absolute atomic E-state index is 12.0. The van der Waals surface area contributed by atoms with E-state index >= 15 is 0 Å². The van der Waals surface area contributed by atoms with Crippen LogP contribution in [0, 0.1) is 0 Å². The molecule has 0 aromatic carbocycles. The van der Waals surface area contributed by atoms with E-state index in [4.69, 9.17) is 16.3 Å². The van der Waals surface area contributed by atoms with Crippen molar-refractivity contribution >= 4 is 29.3 Å². The molecule has 5 heteroatoms. The molecule has 0 radical (unpaired) electrons. The molecule has 2 atom stereocenters. The Kier molecular flexibility index (Phi) is 5.23. The van der Waals surface area contributed by atoms with Crippen LogP contribution in [0.3, 0.4) is 0 Å². The summed E-state index contributed by atoms with van der Waals surface area (Å²) in [7, 11) is 1.61. The molecule has 2 unspecified atom stereocenters. The van der Waals surface area contributed by atoms with Gasteiger partial charge in [-0.15, -0.1) is 23.4 Å². The van der Waals surface area contributed by atoms with Crippen molar-refractivity contribution in [3.8, 4) is 0 Å². The standard InChI is InChI=1S/C10H18ClNO2S/c1-10(4-3-5-15-10)9(13)12-8(6-11)7-14-2/h8H,3-7H2,1-2H3,(H,12,13). The van der Waals surface area contributed by atoms with Gasteiger partial charge in [0.2, 0.25) is 5.91 Å². The van der Waals surface area contributed by atoms with Gasteiger partial charge >= 0.3 is 0 Å². The highest BCUT2D eigenvalue weighted by Crippen LogP contribution is 2.37. The van der Waals surface area contributed by atoms with Crippen LogP contribution in [-0.4, -0.2) is 42.0 Å². The molecular formula is C10H18ClNO2S. The molecule has 1 amide bonds. The van der Waals surface area contributed by atoms with Crippen molar-refractivity contribution in [2.75, 3.05) is 25.3 Å². The summed E-state index contributed by atoms with van der Waals surface area (Å²) in [4.78, 5) is 12.0. The number of methoxy groups -OCH3 is 1. The largest absolute Gasteiger partial charge is 0.383 e. The van der Waals surface area contributed by atoms with Crippen molar-refractivity contribution in [3.05, 3.63) is 0 Å². The number of carbonyl (C=O) groups is 1. The number of rotatable bonds is 5. The third-order valence-electron chi connectivity index (χ3n) is 2.59. The quantitative estimate of drug-likeness (QED) is 0.755. The van der Waals surface area contributed by atoms with Gasteiger partial charge in [0.15, 0.2) is 0 Å². The third kappa shape index (κ3) is 3.54. The fourth-order valence-corrected chi connectivity index (χ4v) is 3.01. The van der Waals surface area contributed by atoms with Gasteiger partial charge in [-0.05, 0) is 25.5 Å². The van der Waals surface area contributed by atoms with E-state index in [1.54, 1.807) is 18.9 Å². The summed E-state index contributed by atoms with van der Waals surface area (Å²) in [6, 6.07) is -0.0813. The van der Waals surface area contributed by atoms with Crippen molar-refractivity contribution < 1.29 is 9.53 Å².